The molecule has 0 aliphatic carbocycles. The molecule has 0 unspecified atom stereocenters. The third-order valence-corrected chi connectivity index (χ3v) is 2.94. The average Bonchev–Trinajstić information content (AvgIpc) is 2.45. The summed E-state index contributed by atoms with van der Waals surface area (Å²) in [6.07, 6.45) is 0.572. The van der Waals surface area contributed by atoms with Crippen LogP contribution < -0.4 is 10.5 Å². The van der Waals surface area contributed by atoms with E-state index >= 15 is 0 Å². The van der Waals surface area contributed by atoms with E-state index in [9.17, 15) is 4.79 Å². The maximum atomic E-state index is 10.5. The van der Waals surface area contributed by atoms with Gasteiger partial charge in [-0.05, 0) is 29.7 Å². The maximum absolute atomic E-state index is 10.5. The van der Waals surface area contributed by atoms with Crippen LogP contribution in [0.3, 0.4) is 0 Å². The Labute approximate surface area is 117 Å². The summed E-state index contributed by atoms with van der Waals surface area (Å²) in [5.41, 5.74) is 8.42. The Balaban J connectivity index is 1.97. The predicted molar refractivity (Wildman–Crippen MR) is 77.6 cm³/mol. The van der Waals surface area contributed by atoms with Gasteiger partial charge in [0.1, 0.15) is 12.4 Å². The van der Waals surface area contributed by atoms with Crippen LogP contribution in [0.1, 0.15) is 17.5 Å². The molecule has 4 nitrogen and oxygen atoms in total. The van der Waals surface area contributed by atoms with Crippen molar-refractivity contribution in [3.8, 4) is 5.75 Å². The SMILES string of the molecule is Nc1cc(CCC(=O)O)ccc1OCc1ccccc1. The Hall–Kier alpha value is -2.49. The third-order valence-electron chi connectivity index (χ3n) is 2.94. The van der Waals surface area contributed by atoms with Gasteiger partial charge in [0, 0.05) is 6.42 Å². The molecule has 0 aliphatic heterocycles. The minimum absolute atomic E-state index is 0.101. The number of carboxylic acid groups (broad SMARTS) is 1. The number of carbonyl (C=O) groups is 1. The van der Waals surface area contributed by atoms with Crippen molar-refractivity contribution in [3.05, 3.63) is 59.7 Å². The first-order valence-electron chi connectivity index (χ1n) is 6.42. The smallest absolute Gasteiger partial charge is 0.303 e. The van der Waals surface area contributed by atoms with Crippen LogP contribution in [0.2, 0.25) is 0 Å². The zero-order chi connectivity index (χ0) is 14.4. The van der Waals surface area contributed by atoms with E-state index < -0.39 is 5.97 Å². The lowest BCUT2D eigenvalue weighted by Gasteiger charge is -2.10. The number of rotatable bonds is 6. The Morgan fingerprint density at radius 3 is 2.50 bits per heavy atom. The van der Waals surface area contributed by atoms with Gasteiger partial charge in [-0.1, -0.05) is 36.4 Å². The molecule has 0 aromatic heterocycles. The number of benzene rings is 2. The van der Waals surface area contributed by atoms with Gasteiger partial charge < -0.3 is 15.6 Å². The van der Waals surface area contributed by atoms with Crippen molar-refractivity contribution in [1.29, 1.82) is 0 Å². The van der Waals surface area contributed by atoms with E-state index in [2.05, 4.69) is 0 Å². The second kappa shape index (κ2) is 6.61. The highest BCUT2D eigenvalue weighted by Crippen LogP contribution is 2.24. The molecule has 0 saturated heterocycles. The van der Waals surface area contributed by atoms with E-state index in [1.807, 2.05) is 36.4 Å². The van der Waals surface area contributed by atoms with E-state index in [4.69, 9.17) is 15.6 Å². The van der Waals surface area contributed by atoms with Crippen LogP contribution >= 0.6 is 0 Å². The summed E-state index contributed by atoms with van der Waals surface area (Å²) in [6.45, 7) is 0.458. The van der Waals surface area contributed by atoms with Gasteiger partial charge in [0.05, 0.1) is 5.69 Å². The fourth-order valence-electron chi connectivity index (χ4n) is 1.87. The van der Waals surface area contributed by atoms with Crippen molar-refractivity contribution in [2.75, 3.05) is 5.73 Å². The highest BCUT2D eigenvalue weighted by atomic mass is 16.5. The molecule has 0 amide bonds. The quantitative estimate of drug-likeness (QED) is 0.792. The van der Waals surface area contributed by atoms with Crippen molar-refractivity contribution < 1.29 is 14.6 Å². The number of nitrogens with two attached hydrogens (primary N) is 1. The van der Waals surface area contributed by atoms with Crippen molar-refractivity contribution >= 4 is 11.7 Å². The van der Waals surface area contributed by atoms with Gasteiger partial charge >= 0.3 is 5.97 Å². The topological polar surface area (TPSA) is 72.6 Å². The fraction of sp³-hybridized carbons (Fsp3) is 0.188. The third kappa shape index (κ3) is 4.02. The molecule has 0 radical (unpaired) electrons. The van der Waals surface area contributed by atoms with Crippen LogP contribution in [0.15, 0.2) is 48.5 Å². The van der Waals surface area contributed by atoms with Gasteiger partial charge in [-0.3, -0.25) is 4.79 Å². The van der Waals surface area contributed by atoms with Crippen molar-refractivity contribution in [2.45, 2.75) is 19.4 Å². The largest absolute Gasteiger partial charge is 0.487 e. The lowest BCUT2D eigenvalue weighted by atomic mass is 10.1. The van der Waals surface area contributed by atoms with Crippen LogP contribution in [-0.4, -0.2) is 11.1 Å². The summed E-state index contributed by atoms with van der Waals surface area (Å²) in [6, 6.07) is 15.2. The van der Waals surface area contributed by atoms with Gasteiger partial charge in [0.2, 0.25) is 0 Å². The molecule has 20 heavy (non-hydrogen) atoms. The van der Waals surface area contributed by atoms with E-state index in [1.54, 1.807) is 12.1 Å². The monoisotopic (exact) mass is 271 g/mol. The molecule has 0 fully saturated rings. The highest BCUT2D eigenvalue weighted by molar-refractivity contribution is 5.67. The van der Waals surface area contributed by atoms with E-state index in [0.29, 0.717) is 24.5 Å². The molecule has 0 bridgehead atoms. The normalized spacial score (nSPS) is 10.2. The molecule has 2 aromatic carbocycles. The van der Waals surface area contributed by atoms with Crippen LogP contribution in [0.5, 0.6) is 5.75 Å². The lowest BCUT2D eigenvalue weighted by molar-refractivity contribution is -0.136. The molecule has 104 valence electrons. The van der Waals surface area contributed by atoms with Gasteiger partial charge in [-0.15, -0.1) is 0 Å². The first-order valence-corrected chi connectivity index (χ1v) is 6.42. The van der Waals surface area contributed by atoms with Crippen LogP contribution in [0.4, 0.5) is 5.69 Å². The summed E-state index contributed by atoms with van der Waals surface area (Å²) in [7, 11) is 0. The summed E-state index contributed by atoms with van der Waals surface area (Å²) in [5.74, 6) is -0.194. The van der Waals surface area contributed by atoms with Crippen molar-refractivity contribution in [3.63, 3.8) is 0 Å². The Morgan fingerprint density at radius 1 is 1.10 bits per heavy atom. The zero-order valence-corrected chi connectivity index (χ0v) is 11.1. The second-order valence-corrected chi connectivity index (χ2v) is 4.54. The molecule has 0 saturated carbocycles. The molecular weight excluding hydrogens is 254 g/mol. The highest BCUT2D eigenvalue weighted by Gasteiger charge is 2.04. The zero-order valence-electron chi connectivity index (χ0n) is 11.1. The minimum atomic E-state index is -0.812. The number of hydrogen-bond acceptors (Lipinski definition) is 3. The number of ether oxygens (including phenoxy) is 1. The number of aliphatic carboxylic acids is 1. The number of carboxylic acids is 1. The van der Waals surface area contributed by atoms with Crippen LogP contribution in [0.25, 0.3) is 0 Å². The molecule has 0 spiro atoms. The molecule has 4 heteroatoms. The standard InChI is InChI=1S/C16H17NO3/c17-14-10-12(7-9-16(18)19)6-8-15(14)20-11-13-4-2-1-3-5-13/h1-6,8,10H,7,9,11,17H2,(H,18,19). The van der Waals surface area contributed by atoms with Gasteiger partial charge in [-0.25, -0.2) is 0 Å². The molecule has 3 N–H and O–H groups in total. The summed E-state index contributed by atoms with van der Waals surface area (Å²) in [4.78, 5) is 10.5. The van der Waals surface area contributed by atoms with Gasteiger partial charge in [-0.2, -0.15) is 0 Å². The Morgan fingerprint density at radius 2 is 1.85 bits per heavy atom. The average molecular weight is 271 g/mol. The van der Waals surface area contributed by atoms with Crippen molar-refractivity contribution in [2.24, 2.45) is 0 Å². The van der Waals surface area contributed by atoms with Crippen molar-refractivity contribution in [1.82, 2.24) is 0 Å². The van der Waals surface area contributed by atoms with E-state index in [1.165, 1.54) is 0 Å². The van der Waals surface area contributed by atoms with E-state index in [0.717, 1.165) is 11.1 Å². The number of aryl methyl sites for hydroxylation is 1. The number of nitrogen functional groups attached to an aromatic ring is 1. The van der Waals surface area contributed by atoms with Gasteiger partial charge in [0.25, 0.3) is 0 Å². The molecule has 0 heterocycles. The summed E-state index contributed by atoms with van der Waals surface area (Å²) < 4.78 is 5.66. The summed E-state index contributed by atoms with van der Waals surface area (Å²) in [5, 5.41) is 8.65. The second-order valence-electron chi connectivity index (χ2n) is 4.54. The summed E-state index contributed by atoms with van der Waals surface area (Å²) >= 11 is 0. The van der Waals surface area contributed by atoms with Crippen LogP contribution in [0, 0.1) is 0 Å². The molecule has 2 aromatic rings. The molecular formula is C16H17NO3. The first kappa shape index (κ1) is 13.9. The molecule has 0 atom stereocenters. The number of hydrogen-bond donors (Lipinski definition) is 2. The number of anilines is 1. The molecule has 0 aliphatic rings. The Bertz CT molecular complexity index is 582. The first-order chi connectivity index (χ1) is 9.65. The maximum Gasteiger partial charge on any atom is 0.303 e. The Kier molecular flexibility index (Phi) is 4.60. The lowest BCUT2D eigenvalue weighted by Crippen LogP contribution is -2.01. The fourth-order valence-corrected chi connectivity index (χ4v) is 1.87. The van der Waals surface area contributed by atoms with Crippen LogP contribution in [-0.2, 0) is 17.8 Å². The molecule has 2 rings (SSSR count). The van der Waals surface area contributed by atoms with E-state index in [-0.39, 0.29) is 6.42 Å². The predicted octanol–water partition coefficient (Wildman–Crippen LogP) is 2.87. The minimum Gasteiger partial charge on any atom is -0.487 e. The van der Waals surface area contributed by atoms with Gasteiger partial charge in [0.15, 0.2) is 0 Å².